The van der Waals surface area contributed by atoms with Crippen LogP contribution in [0, 0.1) is 18.8 Å². The van der Waals surface area contributed by atoms with E-state index < -0.39 is 52.0 Å². The predicted octanol–water partition coefficient (Wildman–Crippen LogP) is 3.52. The zero-order chi connectivity index (χ0) is 37.6. The van der Waals surface area contributed by atoms with Crippen LogP contribution >= 0.6 is 0 Å². The molecule has 0 bridgehead atoms. The van der Waals surface area contributed by atoms with Gasteiger partial charge in [-0.05, 0) is 72.2 Å². The molecule has 4 rings (SSSR count). The third-order valence-electron chi connectivity index (χ3n) is 8.75. The summed E-state index contributed by atoms with van der Waals surface area (Å²) in [5.41, 5.74) is 1.87. The minimum atomic E-state index is -4.20. The highest BCUT2D eigenvalue weighted by molar-refractivity contribution is 7.89. The number of amides is 4. The number of phenolic OH excluding ortho intramolecular Hbond substituents is 1. The van der Waals surface area contributed by atoms with Gasteiger partial charge in [-0.2, -0.15) is 4.31 Å². The number of aromatic nitrogens is 1. The van der Waals surface area contributed by atoms with Crippen LogP contribution in [0.2, 0.25) is 0 Å². The van der Waals surface area contributed by atoms with Crippen molar-refractivity contribution in [3.63, 3.8) is 0 Å². The third kappa shape index (κ3) is 9.37. The lowest BCUT2D eigenvalue weighted by molar-refractivity contribution is -0.128. The number of hydrogen-bond donors (Lipinski definition) is 3. The van der Waals surface area contributed by atoms with Gasteiger partial charge in [0.2, 0.25) is 15.9 Å². The number of nitrogens with one attached hydrogen (secondary N) is 1. The number of phenols is 1. The molecular weight excluding hydrogens is 675 g/mol. The highest BCUT2D eigenvalue weighted by atomic mass is 32.2. The van der Waals surface area contributed by atoms with Gasteiger partial charge in [0.1, 0.15) is 24.0 Å². The fourth-order valence-electron chi connectivity index (χ4n) is 6.11. The molecule has 3 atom stereocenters. The second-order valence-electron chi connectivity index (χ2n) is 13.7. The van der Waals surface area contributed by atoms with Crippen LogP contribution in [0.25, 0.3) is 0 Å². The van der Waals surface area contributed by atoms with Gasteiger partial charge in [-0.3, -0.25) is 24.3 Å². The Morgan fingerprint density at radius 2 is 1.69 bits per heavy atom. The molecule has 274 valence electrons. The average Bonchev–Trinajstić information content (AvgIpc) is 3.34. The highest BCUT2D eigenvalue weighted by Gasteiger charge is 2.44. The molecule has 3 N–H and O–H groups in total. The molecule has 1 aromatic heterocycles. The first-order chi connectivity index (χ1) is 24.0. The van der Waals surface area contributed by atoms with Crippen LogP contribution in [0.4, 0.5) is 4.79 Å². The summed E-state index contributed by atoms with van der Waals surface area (Å²) < 4.78 is 29.7. The van der Waals surface area contributed by atoms with Gasteiger partial charge in [-0.25, -0.2) is 13.2 Å². The van der Waals surface area contributed by atoms with Crippen LogP contribution in [0.1, 0.15) is 61.8 Å². The van der Waals surface area contributed by atoms with Gasteiger partial charge < -0.3 is 20.4 Å². The molecule has 1 unspecified atom stereocenters. The molecular formula is C37H47N5O8S. The van der Waals surface area contributed by atoms with E-state index in [2.05, 4.69) is 10.3 Å². The first kappa shape index (κ1) is 39.1. The van der Waals surface area contributed by atoms with Crippen LogP contribution in [0.3, 0.4) is 0 Å². The number of sulfonamides is 1. The molecule has 13 nitrogen and oxygen atoms in total. The number of imide groups is 1. The van der Waals surface area contributed by atoms with Gasteiger partial charge in [-0.1, -0.05) is 58.0 Å². The van der Waals surface area contributed by atoms with Crippen molar-refractivity contribution < 1.29 is 37.8 Å². The quantitative estimate of drug-likeness (QED) is 0.148. The van der Waals surface area contributed by atoms with Gasteiger partial charge >= 0.3 is 6.03 Å². The molecule has 51 heavy (non-hydrogen) atoms. The predicted molar refractivity (Wildman–Crippen MR) is 190 cm³/mol. The highest BCUT2D eigenvalue weighted by Crippen LogP contribution is 2.28. The lowest BCUT2D eigenvalue weighted by Gasteiger charge is -2.36. The number of carbonyl (C=O) groups excluding carboxylic acids is 4. The first-order valence-electron chi connectivity index (χ1n) is 16.9. The number of nitrogens with zero attached hydrogens (tertiary/aromatic N) is 4. The van der Waals surface area contributed by atoms with E-state index in [1.54, 1.807) is 26.8 Å². The van der Waals surface area contributed by atoms with E-state index in [-0.39, 0.29) is 60.6 Å². The Morgan fingerprint density at radius 1 is 1.00 bits per heavy atom. The van der Waals surface area contributed by atoms with Crippen LogP contribution in [0.5, 0.6) is 5.75 Å². The van der Waals surface area contributed by atoms with Gasteiger partial charge in [0, 0.05) is 26.2 Å². The SMILES string of the molecule is CC(=O)c1cc(CN2C(=O)CN([C@H](C(=O)NC[C@@H](O)C(Cc3ccccc3)N(CC(C)C)S(=O)(=O)c3ccc(O)c(C)c3)C(C)C)C2=O)ccn1. The summed E-state index contributed by atoms with van der Waals surface area (Å²) in [5, 5.41) is 24.5. The summed E-state index contributed by atoms with van der Waals surface area (Å²) in [6.45, 7) is 9.42. The number of aliphatic hydroxyl groups excluding tert-OH is 1. The number of aliphatic hydroxyl groups is 1. The summed E-state index contributed by atoms with van der Waals surface area (Å²) in [7, 11) is -4.20. The Morgan fingerprint density at radius 3 is 2.29 bits per heavy atom. The molecule has 0 saturated carbocycles. The number of hydrogen-bond acceptors (Lipinski definition) is 9. The van der Waals surface area contributed by atoms with E-state index in [0.29, 0.717) is 11.1 Å². The van der Waals surface area contributed by atoms with Crippen molar-refractivity contribution in [2.45, 2.75) is 77.6 Å². The van der Waals surface area contributed by atoms with Crippen molar-refractivity contribution in [3.05, 3.63) is 89.2 Å². The van der Waals surface area contributed by atoms with Crippen molar-refractivity contribution in [1.29, 1.82) is 0 Å². The molecule has 14 heteroatoms. The summed E-state index contributed by atoms with van der Waals surface area (Å²) in [5.74, 6) is -2.00. The molecule has 2 heterocycles. The van der Waals surface area contributed by atoms with Crippen molar-refractivity contribution in [1.82, 2.24) is 24.4 Å². The Bertz CT molecular complexity index is 1850. The zero-order valence-electron chi connectivity index (χ0n) is 29.8. The Labute approximate surface area is 299 Å². The summed E-state index contributed by atoms with van der Waals surface area (Å²) in [6.07, 6.45) is 0.168. The molecule has 1 fully saturated rings. The van der Waals surface area contributed by atoms with Crippen LogP contribution in [0.15, 0.2) is 71.8 Å². The third-order valence-corrected chi connectivity index (χ3v) is 10.6. The summed E-state index contributed by atoms with van der Waals surface area (Å²) in [4.78, 5) is 58.3. The number of aryl methyl sites for hydroxylation is 1. The summed E-state index contributed by atoms with van der Waals surface area (Å²) in [6, 6.07) is 13.5. The number of benzene rings is 2. The van der Waals surface area contributed by atoms with E-state index in [1.807, 2.05) is 44.2 Å². The second kappa shape index (κ2) is 16.6. The van der Waals surface area contributed by atoms with Crippen LogP contribution in [-0.4, -0.2) is 99.2 Å². The topological polar surface area (TPSA) is 178 Å². The number of Topliss-reactive ketones (excluding diaryl/α,β-unsaturated/α-hetero) is 1. The van der Waals surface area contributed by atoms with E-state index in [9.17, 15) is 37.8 Å². The maximum absolute atomic E-state index is 14.2. The lowest BCUT2D eigenvalue weighted by atomic mass is 9.99. The Hall–Kier alpha value is -4.66. The number of ketones is 1. The van der Waals surface area contributed by atoms with Gasteiger partial charge in [-0.15, -0.1) is 0 Å². The number of aromatic hydroxyl groups is 1. The van der Waals surface area contributed by atoms with E-state index in [4.69, 9.17) is 0 Å². The normalized spacial score (nSPS) is 15.5. The second-order valence-corrected chi connectivity index (χ2v) is 15.6. The fourth-order valence-corrected chi connectivity index (χ4v) is 8.01. The molecule has 0 spiro atoms. The Balaban J connectivity index is 1.58. The first-order valence-corrected chi connectivity index (χ1v) is 18.3. The van der Waals surface area contributed by atoms with Crippen molar-refractivity contribution in [3.8, 4) is 5.75 Å². The molecule has 1 saturated heterocycles. The smallest absolute Gasteiger partial charge is 0.328 e. The largest absolute Gasteiger partial charge is 0.508 e. The fraction of sp³-hybridized carbons (Fsp3) is 0.432. The average molecular weight is 722 g/mol. The van der Waals surface area contributed by atoms with Crippen molar-refractivity contribution in [2.24, 2.45) is 11.8 Å². The molecule has 4 amide bonds. The number of carbonyl (C=O) groups is 4. The minimum Gasteiger partial charge on any atom is -0.508 e. The molecule has 3 aromatic rings. The molecule has 0 radical (unpaired) electrons. The van der Waals surface area contributed by atoms with Crippen molar-refractivity contribution >= 4 is 33.7 Å². The summed E-state index contributed by atoms with van der Waals surface area (Å²) >= 11 is 0. The van der Waals surface area contributed by atoms with E-state index in [1.165, 1.54) is 46.6 Å². The molecule has 0 aliphatic carbocycles. The maximum Gasteiger partial charge on any atom is 0.328 e. The Kier molecular flexibility index (Phi) is 12.7. The van der Waals surface area contributed by atoms with Crippen molar-refractivity contribution in [2.75, 3.05) is 19.6 Å². The van der Waals surface area contributed by atoms with Gasteiger partial charge in [0.15, 0.2) is 5.78 Å². The van der Waals surface area contributed by atoms with Crippen LogP contribution in [-0.2, 0) is 32.6 Å². The standard InChI is InChI=1S/C37H47N5O8S/c1-23(2)20-42(51(49,50)29-12-13-32(44)25(5)16-29)31(18-27-10-8-7-9-11-27)33(45)19-39-36(47)35(24(3)4)41-22-34(46)40(37(41)48)21-28-14-15-38-30(17-28)26(6)43/h7-17,23-24,31,33,35,44-45H,18-22H2,1-6H3,(H,39,47)/t31?,33-,35+/m1/s1. The molecule has 1 aliphatic heterocycles. The van der Waals surface area contributed by atoms with Gasteiger partial charge in [0.05, 0.1) is 23.6 Å². The minimum absolute atomic E-state index is 0.0429. The lowest BCUT2D eigenvalue weighted by Crippen LogP contribution is -2.56. The monoisotopic (exact) mass is 721 g/mol. The molecule has 2 aromatic carbocycles. The number of rotatable bonds is 16. The van der Waals surface area contributed by atoms with Gasteiger partial charge in [0.25, 0.3) is 5.91 Å². The number of urea groups is 1. The number of pyridine rings is 1. The maximum atomic E-state index is 14.2. The van der Waals surface area contributed by atoms with Crippen LogP contribution < -0.4 is 5.32 Å². The zero-order valence-corrected chi connectivity index (χ0v) is 30.6. The van der Waals surface area contributed by atoms with E-state index >= 15 is 0 Å². The molecule has 1 aliphatic rings. The van der Waals surface area contributed by atoms with E-state index in [0.717, 1.165) is 10.5 Å².